The zero-order chi connectivity index (χ0) is 13.7. The lowest BCUT2D eigenvalue weighted by atomic mass is 10.1. The van der Waals surface area contributed by atoms with Gasteiger partial charge in [0.2, 0.25) is 0 Å². The molecule has 1 heterocycles. The van der Waals surface area contributed by atoms with Crippen molar-refractivity contribution in [3.63, 3.8) is 0 Å². The van der Waals surface area contributed by atoms with Crippen LogP contribution in [0, 0.1) is 6.92 Å². The summed E-state index contributed by atoms with van der Waals surface area (Å²) in [4.78, 5) is 8.43. The van der Waals surface area contributed by atoms with Gasteiger partial charge in [0.1, 0.15) is 18.2 Å². The van der Waals surface area contributed by atoms with E-state index in [0.717, 1.165) is 0 Å². The fraction of sp³-hybridized carbons (Fsp3) is 0.286. The largest absolute Gasteiger partial charge is 0.384 e. The maximum absolute atomic E-state index is 5.74. The van der Waals surface area contributed by atoms with E-state index in [1.807, 2.05) is 6.07 Å². The van der Waals surface area contributed by atoms with Gasteiger partial charge in [-0.25, -0.2) is 9.97 Å². The number of methoxy groups -OCH3 is 1. The maximum Gasteiger partial charge on any atom is 0.158 e. The zero-order valence-corrected chi connectivity index (χ0v) is 11.2. The molecule has 3 N–H and O–H groups in total. The Bertz CT molecular complexity index is 557. The van der Waals surface area contributed by atoms with Crippen molar-refractivity contribution in [2.45, 2.75) is 20.1 Å². The standard InChI is InChI=1S/C14H18N4O/c1-10-4-3-5-11(6-10)8-16-13-7-12(15)17-14(18-13)9-19-2/h3-7H,8-9H2,1-2H3,(H3,15,16,17,18). The first-order valence-electron chi connectivity index (χ1n) is 6.09. The van der Waals surface area contributed by atoms with Crippen LogP contribution in [0.15, 0.2) is 30.3 Å². The van der Waals surface area contributed by atoms with E-state index >= 15 is 0 Å². The Hall–Kier alpha value is -2.14. The fourth-order valence-corrected chi connectivity index (χ4v) is 1.82. The average Bonchev–Trinajstić information content (AvgIpc) is 2.36. The maximum atomic E-state index is 5.74. The van der Waals surface area contributed by atoms with E-state index in [0.29, 0.717) is 30.6 Å². The second-order valence-corrected chi connectivity index (χ2v) is 4.37. The molecule has 1 aromatic carbocycles. The Balaban J connectivity index is 2.06. The van der Waals surface area contributed by atoms with Crippen LogP contribution >= 0.6 is 0 Å². The van der Waals surface area contributed by atoms with E-state index in [4.69, 9.17) is 10.5 Å². The number of benzene rings is 1. The Morgan fingerprint density at radius 3 is 2.84 bits per heavy atom. The molecular formula is C14H18N4O. The molecule has 0 unspecified atom stereocenters. The number of rotatable bonds is 5. The van der Waals surface area contributed by atoms with Gasteiger partial charge in [0.05, 0.1) is 0 Å². The molecular weight excluding hydrogens is 240 g/mol. The third-order valence-electron chi connectivity index (χ3n) is 2.62. The number of hydrogen-bond acceptors (Lipinski definition) is 5. The lowest BCUT2D eigenvalue weighted by Crippen LogP contribution is -2.07. The minimum absolute atomic E-state index is 0.351. The minimum Gasteiger partial charge on any atom is -0.384 e. The Morgan fingerprint density at radius 2 is 2.11 bits per heavy atom. The highest BCUT2D eigenvalue weighted by Gasteiger charge is 2.02. The molecule has 19 heavy (non-hydrogen) atoms. The normalized spacial score (nSPS) is 10.4. The van der Waals surface area contributed by atoms with Gasteiger partial charge in [-0.15, -0.1) is 0 Å². The van der Waals surface area contributed by atoms with Gasteiger partial charge in [-0.1, -0.05) is 29.8 Å². The predicted octanol–water partition coefficient (Wildman–Crippen LogP) is 2.13. The monoisotopic (exact) mass is 258 g/mol. The van der Waals surface area contributed by atoms with E-state index in [2.05, 4.69) is 40.4 Å². The number of hydrogen-bond donors (Lipinski definition) is 2. The van der Waals surface area contributed by atoms with Crippen molar-refractivity contribution in [1.29, 1.82) is 0 Å². The summed E-state index contributed by atoms with van der Waals surface area (Å²) >= 11 is 0. The van der Waals surface area contributed by atoms with Gasteiger partial charge in [-0.3, -0.25) is 0 Å². The number of nitrogens with one attached hydrogen (secondary N) is 1. The van der Waals surface area contributed by atoms with E-state index in [1.54, 1.807) is 13.2 Å². The molecule has 100 valence electrons. The lowest BCUT2D eigenvalue weighted by Gasteiger charge is -2.08. The number of nitrogen functional groups attached to an aromatic ring is 1. The molecule has 0 radical (unpaired) electrons. The smallest absolute Gasteiger partial charge is 0.158 e. The van der Waals surface area contributed by atoms with Crippen molar-refractivity contribution in [2.24, 2.45) is 0 Å². The first-order valence-corrected chi connectivity index (χ1v) is 6.09. The van der Waals surface area contributed by atoms with Gasteiger partial charge < -0.3 is 15.8 Å². The van der Waals surface area contributed by atoms with Crippen LogP contribution in [0.25, 0.3) is 0 Å². The average molecular weight is 258 g/mol. The number of nitrogens with zero attached hydrogens (tertiary/aromatic N) is 2. The fourth-order valence-electron chi connectivity index (χ4n) is 1.82. The van der Waals surface area contributed by atoms with Gasteiger partial charge >= 0.3 is 0 Å². The molecule has 0 aliphatic heterocycles. The van der Waals surface area contributed by atoms with Crippen LogP contribution in [0.1, 0.15) is 17.0 Å². The van der Waals surface area contributed by atoms with Crippen molar-refractivity contribution in [3.05, 3.63) is 47.3 Å². The lowest BCUT2D eigenvalue weighted by molar-refractivity contribution is 0.178. The van der Waals surface area contributed by atoms with Crippen molar-refractivity contribution < 1.29 is 4.74 Å². The number of anilines is 2. The minimum atomic E-state index is 0.351. The van der Waals surface area contributed by atoms with Crippen LogP contribution in [0.4, 0.5) is 11.6 Å². The SMILES string of the molecule is COCc1nc(N)cc(NCc2cccc(C)c2)n1. The summed E-state index contributed by atoms with van der Waals surface area (Å²) < 4.78 is 5.01. The topological polar surface area (TPSA) is 73.1 Å². The summed E-state index contributed by atoms with van der Waals surface area (Å²) in [5, 5.41) is 3.24. The van der Waals surface area contributed by atoms with Crippen LogP contribution in [-0.4, -0.2) is 17.1 Å². The van der Waals surface area contributed by atoms with Crippen molar-refractivity contribution in [2.75, 3.05) is 18.2 Å². The molecule has 5 heteroatoms. The molecule has 5 nitrogen and oxygen atoms in total. The van der Waals surface area contributed by atoms with Crippen LogP contribution in [-0.2, 0) is 17.9 Å². The molecule has 0 amide bonds. The summed E-state index contributed by atoms with van der Waals surface area (Å²) in [6.45, 7) is 3.12. The second-order valence-electron chi connectivity index (χ2n) is 4.37. The molecule has 0 aliphatic rings. The number of aryl methyl sites for hydroxylation is 1. The number of aromatic nitrogens is 2. The summed E-state index contributed by atoms with van der Waals surface area (Å²) in [7, 11) is 1.60. The molecule has 0 saturated heterocycles. The van der Waals surface area contributed by atoms with Crippen LogP contribution in [0.2, 0.25) is 0 Å². The highest BCUT2D eigenvalue weighted by Crippen LogP contribution is 2.11. The van der Waals surface area contributed by atoms with Crippen molar-refractivity contribution in [1.82, 2.24) is 9.97 Å². The van der Waals surface area contributed by atoms with Crippen molar-refractivity contribution >= 4 is 11.6 Å². The number of ether oxygens (including phenoxy) is 1. The van der Waals surface area contributed by atoms with Gasteiger partial charge in [0.25, 0.3) is 0 Å². The van der Waals surface area contributed by atoms with Gasteiger partial charge in [0, 0.05) is 19.7 Å². The molecule has 0 aliphatic carbocycles. The Labute approximate surface area is 112 Å². The third kappa shape index (κ3) is 3.93. The van der Waals surface area contributed by atoms with E-state index in [9.17, 15) is 0 Å². The Kier molecular flexibility index (Phi) is 4.30. The molecule has 2 aromatic rings. The van der Waals surface area contributed by atoms with Crippen LogP contribution < -0.4 is 11.1 Å². The zero-order valence-electron chi connectivity index (χ0n) is 11.2. The predicted molar refractivity (Wildman–Crippen MR) is 75.7 cm³/mol. The molecule has 2 rings (SSSR count). The van der Waals surface area contributed by atoms with Gasteiger partial charge in [-0.2, -0.15) is 0 Å². The van der Waals surface area contributed by atoms with E-state index in [1.165, 1.54) is 11.1 Å². The summed E-state index contributed by atoms with van der Waals surface area (Å²) in [6.07, 6.45) is 0. The number of nitrogens with two attached hydrogens (primary N) is 1. The first kappa shape index (κ1) is 13.3. The van der Waals surface area contributed by atoms with E-state index < -0.39 is 0 Å². The molecule has 0 saturated carbocycles. The first-order chi connectivity index (χ1) is 9.17. The summed E-state index contributed by atoms with van der Waals surface area (Å²) in [5.74, 6) is 1.73. The van der Waals surface area contributed by atoms with Crippen LogP contribution in [0.5, 0.6) is 0 Å². The van der Waals surface area contributed by atoms with Crippen molar-refractivity contribution in [3.8, 4) is 0 Å². The molecule has 0 spiro atoms. The quantitative estimate of drug-likeness (QED) is 0.859. The highest BCUT2D eigenvalue weighted by atomic mass is 16.5. The summed E-state index contributed by atoms with van der Waals surface area (Å²) in [5.41, 5.74) is 8.17. The second kappa shape index (κ2) is 6.15. The molecule has 0 fully saturated rings. The van der Waals surface area contributed by atoms with Crippen LogP contribution in [0.3, 0.4) is 0 Å². The van der Waals surface area contributed by atoms with E-state index in [-0.39, 0.29) is 0 Å². The molecule has 1 aromatic heterocycles. The van der Waals surface area contributed by atoms with Gasteiger partial charge in [0.15, 0.2) is 5.82 Å². The Morgan fingerprint density at radius 1 is 1.26 bits per heavy atom. The molecule has 0 atom stereocenters. The summed E-state index contributed by atoms with van der Waals surface area (Å²) in [6, 6.07) is 10.0. The highest BCUT2D eigenvalue weighted by molar-refractivity contribution is 5.45. The molecule has 0 bridgehead atoms. The third-order valence-corrected chi connectivity index (χ3v) is 2.62. The van der Waals surface area contributed by atoms with Gasteiger partial charge in [-0.05, 0) is 12.5 Å².